The first-order valence-corrected chi connectivity index (χ1v) is 8.66. The number of hydrogen-bond acceptors (Lipinski definition) is 3. The van der Waals surface area contributed by atoms with Crippen LogP contribution in [0, 0.1) is 0 Å². The lowest BCUT2D eigenvalue weighted by atomic mass is 9.81. The van der Waals surface area contributed by atoms with E-state index in [0.29, 0.717) is 0 Å². The molecule has 4 heteroatoms. The molecular weight excluding hydrogens is 232 g/mol. The second-order valence-corrected chi connectivity index (χ2v) is 7.12. The number of fused-ring (bicyclic) bond motifs is 2. The second kappa shape index (κ2) is 6.30. The number of rotatable bonds is 5. The van der Waals surface area contributed by atoms with Gasteiger partial charge in [0.05, 0.1) is 0 Å². The van der Waals surface area contributed by atoms with Crippen molar-refractivity contribution in [2.75, 3.05) is 25.6 Å². The summed E-state index contributed by atoms with van der Waals surface area (Å²) in [7, 11) is 1.47. The summed E-state index contributed by atoms with van der Waals surface area (Å²) in [5, 5.41) is 3.45. The molecule has 0 aromatic heterocycles. The third-order valence-corrected chi connectivity index (χ3v) is 5.25. The molecule has 17 heavy (non-hydrogen) atoms. The molecule has 2 heterocycles. The molecule has 2 aliphatic heterocycles. The molecule has 3 unspecified atom stereocenters. The molecule has 0 saturated carbocycles. The maximum Gasteiger partial charge on any atom is 0.0244 e. The van der Waals surface area contributed by atoms with Gasteiger partial charge in [-0.05, 0) is 45.7 Å². The normalized spacial score (nSPS) is 35.8. The highest BCUT2D eigenvalue weighted by Crippen LogP contribution is 2.33. The average molecular weight is 258 g/mol. The molecule has 2 aliphatic rings. The number of piperidine rings is 2. The molecule has 2 bridgehead atoms. The monoisotopic (exact) mass is 258 g/mol. The lowest BCUT2D eigenvalue weighted by Gasteiger charge is -2.49. The van der Waals surface area contributed by atoms with Crippen LogP contribution in [0.1, 0.15) is 38.5 Å². The maximum absolute atomic E-state index is 11.1. The van der Waals surface area contributed by atoms with Crippen LogP contribution in [-0.2, 0) is 10.8 Å². The Balaban J connectivity index is 1.86. The Hall–Kier alpha value is 0.0700. The van der Waals surface area contributed by atoms with Crippen molar-refractivity contribution in [1.82, 2.24) is 10.2 Å². The molecule has 3 nitrogen and oxygen atoms in total. The molecule has 0 aliphatic carbocycles. The van der Waals surface area contributed by atoms with E-state index in [-0.39, 0.29) is 0 Å². The van der Waals surface area contributed by atoms with Gasteiger partial charge in [0.15, 0.2) is 0 Å². The molecule has 2 saturated heterocycles. The molecule has 1 N–H and O–H groups in total. The lowest BCUT2D eigenvalue weighted by molar-refractivity contribution is 0.0264. The smallest absolute Gasteiger partial charge is 0.0244 e. The van der Waals surface area contributed by atoms with E-state index in [0.717, 1.165) is 36.8 Å². The molecule has 0 aromatic carbocycles. The van der Waals surface area contributed by atoms with E-state index in [2.05, 4.69) is 17.3 Å². The van der Waals surface area contributed by atoms with E-state index in [9.17, 15) is 4.21 Å². The van der Waals surface area contributed by atoms with E-state index >= 15 is 0 Å². The van der Waals surface area contributed by atoms with E-state index in [1.54, 1.807) is 0 Å². The van der Waals surface area contributed by atoms with Crippen LogP contribution in [0.25, 0.3) is 0 Å². The summed E-state index contributed by atoms with van der Waals surface area (Å²) in [6, 6.07) is 2.29. The zero-order valence-corrected chi connectivity index (χ0v) is 12.0. The summed E-state index contributed by atoms with van der Waals surface area (Å²) in [5.41, 5.74) is 0. The van der Waals surface area contributed by atoms with E-state index in [1.165, 1.54) is 32.1 Å². The van der Waals surface area contributed by atoms with Gasteiger partial charge in [0.2, 0.25) is 0 Å². The Kier molecular flexibility index (Phi) is 5.00. The Morgan fingerprint density at radius 2 is 1.94 bits per heavy atom. The van der Waals surface area contributed by atoms with Gasteiger partial charge < -0.3 is 5.32 Å². The minimum absolute atomic E-state index is 0.624. The summed E-state index contributed by atoms with van der Waals surface area (Å²) >= 11 is 0. The zero-order valence-electron chi connectivity index (χ0n) is 11.2. The molecule has 2 fully saturated rings. The fourth-order valence-corrected chi connectivity index (χ4v) is 4.07. The summed E-state index contributed by atoms with van der Waals surface area (Å²) in [4.78, 5) is 2.71. The van der Waals surface area contributed by atoms with Crippen LogP contribution < -0.4 is 5.32 Å². The van der Waals surface area contributed by atoms with Crippen LogP contribution in [0.2, 0.25) is 0 Å². The topological polar surface area (TPSA) is 32.3 Å². The summed E-state index contributed by atoms with van der Waals surface area (Å²) < 4.78 is 11.1. The third-order valence-electron chi connectivity index (χ3n) is 4.38. The van der Waals surface area contributed by atoms with Crippen LogP contribution in [0.5, 0.6) is 0 Å². The summed E-state index contributed by atoms with van der Waals surface area (Å²) in [6.45, 7) is 1.16. The lowest BCUT2D eigenvalue weighted by Crippen LogP contribution is -2.56. The fraction of sp³-hybridized carbons (Fsp3) is 1.00. The van der Waals surface area contributed by atoms with Gasteiger partial charge in [-0.15, -0.1) is 0 Å². The van der Waals surface area contributed by atoms with Crippen molar-refractivity contribution in [3.8, 4) is 0 Å². The van der Waals surface area contributed by atoms with E-state index in [1.807, 2.05) is 6.26 Å². The van der Waals surface area contributed by atoms with Crippen molar-refractivity contribution in [1.29, 1.82) is 0 Å². The van der Waals surface area contributed by atoms with Crippen molar-refractivity contribution in [3.05, 3.63) is 0 Å². The molecule has 100 valence electrons. The minimum Gasteiger partial charge on any atom is -0.317 e. The van der Waals surface area contributed by atoms with Gasteiger partial charge in [0.25, 0.3) is 0 Å². The van der Waals surface area contributed by atoms with Crippen molar-refractivity contribution in [2.45, 2.75) is 56.7 Å². The predicted molar refractivity (Wildman–Crippen MR) is 73.8 cm³/mol. The van der Waals surface area contributed by atoms with Crippen LogP contribution >= 0.6 is 0 Å². The summed E-state index contributed by atoms with van der Waals surface area (Å²) in [5.74, 6) is 0.866. The van der Waals surface area contributed by atoms with Gasteiger partial charge >= 0.3 is 0 Å². The number of hydrogen-bond donors (Lipinski definition) is 1. The van der Waals surface area contributed by atoms with Gasteiger partial charge in [-0.1, -0.05) is 6.42 Å². The Labute approximate surface area is 108 Å². The largest absolute Gasteiger partial charge is 0.317 e. The second-order valence-electron chi connectivity index (χ2n) is 5.56. The third kappa shape index (κ3) is 3.52. The summed E-state index contributed by atoms with van der Waals surface area (Å²) in [6.07, 6.45) is 9.66. The molecule has 0 amide bonds. The van der Waals surface area contributed by atoms with Crippen LogP contribution in [0.15, 0.2) is 0 Å². The number of nitrogens with one attached hydrogen (secondary N) is 1. The predicted octanol–water partition coefficient (Wildman–Crippen LogP) is 1.36. The molecule has 0 radical (unpaired) electrons. The van der Waals surface area contributed by atoms with Crippen molar-refractivity contribution in [2.24, 2.45) is 0 Å². The molecule has 0 spiro atoms. The van der Waals surface area contributed by atoms with E-state index in [4.69, 9.17) is 0 Å². The highest BCUT2D eigenvalue weighted by atomic mass is 32.2. The SMILES string of the molecule is CNC1CC2CCCC(C1)N2CCCS(C)=O. The molecule has 0 aromatic rings. The minimum atomic E-state index is -0.624. The van der Waals surface area contributed by atoms with Gasteiger partial charge in [-0.25, -0.2) is 0 Å². The molecular formula is C13H26N2OS. The zero-order chi connectivity index (χ0) is 12.3. The van der Waals surface area contributed by atoms with Crippen LogP contribution in [0.3, 0.4) is 0 Å². The standard InChI is InChI=1S/C13H26N2OS/c1-14-11-9-12-5-3-6-13(10-11)15(12)7-4-8-17(2)16/h11-14H,3-10H2,1-2H3. The van der Waals surface area contributed by atoms with Crippen molar-refractivity contribution in [3.63, 3.8) is 0 Å². The first kappa shape index (κ1) is 13.5. The average Bonchev–Trinajstić information content (AvgIpc) is 2.27. The Morgan fingerprint density at radius 1 is 1.29 bits per heavy atom. The van der Waals surface area contributed by atoms with Crippen molar-refractivity contribution >= 4 is 10.8 Å². The maximum atomic E-state index is 11.1. The fourth-order valence-electron chi connectivity index (χ4n) is 3.53. The molecule has 2 rings (SSSR count). The van der Waals surface area contributed by atoms with E-state index < -0.39 is 10.8 Å². The first-order valence-electron chi connectivity index (χ1n) is 6.93. The van der Waals surface area contributed by atoms with Gasteiger partial charge in [-0.2, -0.15) is 0 Å². The highest BCUT2D eigenvalue weighted by Gasteiger charge is 2.37. The van der Waals surface area contributed by atoms with Crippen LogP contribution in [0.4, 0.5) is 0 Å². The highest BCUT2D eigenvalue weighted by molar-refractivity contribution is 7.84. The first-order chi connectivity index (χ1) is 8.20. The van der Waals surface area contributed by atoms with Gasteiger partial charge in [-0.3, -0.25) is 9.11 Å². The quantitative estimate of drug-likeness (QED) is 0.808. The van der Waals surface area contributed by atoms with Crippen molar-refractivity contribution < 1.29 is 4.21 Å². The van der Waals surface area contributed by atoms with Gasteiger partial charge in [0.1, 0.15) is 0 Å². The van der Waals surface area contributed by atoms with Crippen LogP contribution in [-0.4, -0.2) is 52.8 Å². The number of nitrogens with zero attached hydrogens (tertiary/aromatic N) is 1. The molecule has 3 atom stereocenters. The Bertz CT molecular complexity index is 258. The van der Waals surface area contributed by atoms with Gasteiger partial charge in [0, 0.05) is 40.9 Å². The Morgan fingerprint density at radius 3 is 2.47 bits per heavy atom.